The molecule has 20 heavy (non-hydrogen) atoms. The highest BCUT2D eigenvalue weighted by molar-refractivity contribution is 5.66. The van der Waals surface area contributed by atoms with Gasteiger partial charge in [-0.05, 0) is 25.9 Å². The van der Waals surface area contributed by atoms with E-state index in [2.05, 4.69) is 4.90 Å². The van der Waals surface area contributed by atoms with Crippen LogP contribution in [-0.2, 0) is 17.9 Å². The van der Waals surface area contributed by atoms with Crippen molar-refractivity contribution >= 4 is 5.97 Å². The van der Waals surface area contributed by atoms with Gasteiger partial charge < -0.3 is 14.8 Å². The Bertz CT molecular complexity index is 532. The van der Waals surface area contributed by atoms with E-state index in [1.54, 1.807) is 4.57 Å². The zero-order valence-electron chi connectivity index (χ0n) is 11.4. The molecule has 1 aromatic rings. The van der Waals surface area contributed by atoms with E-state index in [4.69, 9.17) is 5.11 Å². The van der Waals surface area contributed by atoms with Crippen LogP contribution in [0.15, 0.2) is 17.1 Å². The lowest BCUT2D eigenvalue weighted by molar-refractivity contribution is -0.137. The molecule has 6 nitrogen and oxygen atoms in total. The highest BCUT2D eigenvalue weighted by Crippen LogP contribution is 2.14. The van der Waals surface area contributed by atoms with Gasteiger partial charge >= 0.3 is 5.97 Å². The third-order valence-corrected chi connectivity index (χ3v) is 3.60. The van der Waals surface area contributed by atoms with Crippen LogP contribution >= 0.6 is 0 Å². The molecule has 0 atom stereocenters. The van der Waals surface area contributed by atoms with E-state index in [1.807, 2.05) is 0 Å². The molecular formula is C14H20N2O4. The number of aromatic hydroxyl groups is 1. The maximum absolute atomic E-state index is 11.6. The van der Waals surface area contributed by atoms with Gasteiger partial charge in [-0.2, -0.15) is 0 Å². The molecule has 0 amide bonds. The number of aromatic nitrogens is 1. The van der Waals surface area contributed by atoms with E-state index < -0.39 is 11.4 Å². The van der Waals surface area contributed by atoms with Crippen LogP contribution in [0.2, 0.25) is 0 Å². The fourth-order valence-electron chi connectivity index (χ4n) is 2.51. The monoisotopic (exact) mass is 280 g/mol. The van der Waals surface area contributed by atoms with Gasteiger partial charge in [0.05, 0.1) is 12.6 Å². The predicted octanol–water partition coefficient (Wildman–Crippen LogP) is 1.01. The molecule has 0 unspecified atom stereocenters. The third kappa shape index (κ3) is 3.84. The first-order chi connectivity index (χ1) is 9.56. The number of rotatable bonds is 5. The Morgan fingerprint density at radius 2 is 1.95 bits per heavy atom. The minimum absolute atomic E-state index is 0.0324. The Morgan fingerprint density at radius 1 is 1.25 bits per heavy atom. The van der Waals surface area contributed by atoms with E-state index in [-0.39, 0.29) is 18.7 Å². The second-order valence-corrected chi connectivity index (χ2v) is 5.19. The van der Waals surface area contributed by atoms with Crippen LogP contribution in [0.4, 0.5) is 0 Å². The number of aliphatic carboxylic acids is 1. The summed E-state index contributed by atoms with van der Waals surface area (Å²) in [7, 11) is 0. The molecule has 0 radical (unpaired) electrons. The predicted molar refractivity (Wildman–Crippen MR) is 73.7 cm³/mol. The number of nitrogens with zero attached hydrogens (tertiary/aromatic N) is 2. The van der Waals surface area contributed by atoms with Crippen molar-refractivity contribution in [3.8, 4) is 5.75 Å². The van der Waals surface area contributed by atoms with Crippen LogP contribution in [0.25, 0.3) is 0 Å². The van der Waals surface area contributed by atoms with Gasteiger partial charge in [0, 0.05) is 24.8 Å². The molecule has 1 aliphatic heterocycles. The van der Waals surface area contributed by atoms with Gasteiger partial charge in [-0.1, -0.05) is 6.42 Å². The number of pyridine rings is 1. The first-order valence-corrected chi connectivity index (χ1v) is 6.93. The molecule has 1 aliphatic rings. The van der Waals surface area contributed by atoms with E-state index in [0.717, 1.165) is 31.6 Å². The van der Waals surface area contributed by atoms with Crippen molar-refractivity contribution in [2.45, 2.75) is 38.8 Å². The number of carboxylic acids is 1. The molecule has 0 spiro atoms. The molecule has 2 N–H and O–H groups in total. The average molecular weight is 280 g/mol. The Balaban J connectivity index is 2.17. The molecule has 2 rings (SSSR count). The van der Waals surface area contributed by atoms with Crippen LogP contribution < -0.4 is 5.43 Å². The summed E-state index contributed by atoms with van der Waals surface area (Å²) in [6.07, 6.45) is 4.84. The molecule has 1 saturated heterocycles. The van der Waals surface area contributed by atoms with E-state index in [0.29, 0.717) is 6.54 Å². The summed E-state index contributed by atoms with van der Waals surface area (Å²) in [5, 5.41) is 18.3. The van der Waals surface area contributed by atoms with E-state index in [9.17, 15) is 14.7 Å². The van der Waals surface area contributed by atoms with Crippen molar-refractivity contribution in [3.63, 3.8) is 0 Å². The lowest BCUT2D eigenvalue weighted by Crippen LogP contribution is -2.31. The van der Waals surface area contributed by atoms with Crippen molar-refractivity contribution in [2.24, 2.45) is 0 Å². The van der Waals surface area contributed by atoms with Crippen LogP contribution in [0.5, 0.6) is 5.75 Å². The summed E-state index contributed by atoms with van der Waals surface area (Å²) in [4.78, 5) is 24.5. The van der Waals surface area contributed by atoms with Gasteiger partial charge in [0.25, 0.3) is 0 Å². The topological polar surface area (TPSA) is 82.8 Å². The van der Waals surface area contributed by atoms with Gasteiger partial charge in [0.15, 0.2) is 5.75 Å². The normalized spacial score (nSPS) is 16.2. The molecule has 0 aliphatic carbocycles. The summed E-state index contributed by atoms with van der Waals surface area (Å²) in [5.41, 5.74) is 0.347. The minimum atomic E-state index is -0.896. The van der Waals surface area contributed by atoms with Gasteiger partial charge in [0.2, 0.25) is 5.43 Å². The summed E-state index contributed by atoms with van der Waals surface area (Å²) in [5.74, 6) is -1.23. The van der Waals surface area contributed by atoms with Gasteiger partial charge in [-0.15, -0.1) is 0 Å². The third-order valence-electron chi connectivity index (χ3n) is 3.60. The largest absolute Gasteiger partial charge is 0.503 e. The fourth-order valence-corrected chi connectivity index (χ4v) is 2.51. The average Bonchev–Trinajstić information content (AvgIpc) is 2.42. The number of aryl methyl sites for hydroxylation is 1. The number of carbonyl (C=O) groups is 1. The Kier molecular flexibility index (Phi) is 4.79. The van der Waals surface area contributed by atoms with Crippen molar-refractivity contribution in [1.29, 1.82) is 0 Å². The minimum Gasteiger partial charge on any atom is -0.503 e. The zero-order chi connectivity index (χ0) is 14.5. The molecule has 110 valence electrons. The van der Waals surface area contributed by atoms with Crippen LogP contribution in [-0.4, -0.2) is 38.7 Å². The summed E-state index contributed by atoms with van der Waals surface area (Å²) in [6.45, 7) is 2.86. The number of carboxylic acid groups (broad SMARTS) is 1. The maximum atomic E-state index is 11.6. The Hall–Kier alpha value is -1.82. The number of piperidine rings is 1. The first kappa shape index (κ1) is 14.6. The maximum Gasteiger partial charge on any atom is 0.305 e. The van der Waals surface area contributed by atoms with Crippen molar-refractivity contribution in [3.05, 3.63) is 28.2 Å². The van der Waals surface area contributed by atoms with Gasteiger partial charge in [-0.25, -0.2) is 0 Å². The second kappa shape index (κ2) is 6.56. The molecular weight excluding hydrogens is 260 g/mol. The molecule has 1 aromatic heterocycles. The number of likely N-dealkylation sites (tertiary alicyclic amines) is 1. The Morgan fingerprint density at radius 3 is 2.60 bits per heavy atom. The summed E-state index contributed by atoms with van der Waals surface area (Å²) in [6, 6.07) is 1.41. The highest BCUT2D eigenvalue weighted by atomic mass is 16.4. The summed E-state index contributed by atoms with van der Waals surface area (Å²) < 4.78 is 1.67. The second-order valence-electron chi connectivity index (χ2n) is 5.19. The van der Waals surface area contributed by atoms with Crippen molar-refractivity contribution < 1.29 is 15.0 Å². The Labute approximate surface area is 117 Å². The highest BCUT2D eigenvalue weighted by Gasteiger charge is 2.14. The molecule has 6 heteroatoms. The van der Waals surface area contributed by atoms with E-state index in [1.165, 1.54) is 18.7 Å². The van der Waals surface area contributed by atoms with Crippen molar-refractivity contribution in [1.82, 2.24) is 9.47 Å². The van der Waals surface area contributed by atoms with Crippen LogP contribution in [0, 0.1) is 0 Å². The number of hydrogen-bond donors (Lipinski definition) is 2. The first-order valence-electron chi connectivity index (χ1n) is 6.93. The number of hydrogen-bond acceptors (Lipinski definition) is 4. The zero-order valence-corrected chi connectivity index (χ0v) is 11.4. The lowest BCUT2D eigenvalue weighted by atomic mass is 10.1. The van der Waals surface area contributed by atoms with Crippen molar-refractivity contribution in [2.75, 3.05) is 13.1 Å². The molecule has 2 heterocycles. The summed E-state index contributed by atoms with van der Waals surface area (Å²) >= 11 is 0. The van der Waals surface area contributed by atoms with Crippen LogP contribution in [0.1, 0.15) is 31.4 Å². The fraction of sp³-hybridized carbons (Fsp3) is 0.571. The molecule has 1 fully saturated rings. The smallest absolute Gasteiger partial charge is 0.305 e. The lowest BCUT2D eigenvalue weighted by Gasteiger charge is -2.27. The SMILES string of the molecule is O=C(O)CCn1cc(O)c(=O)cc1CN1CCCCC1. The van der Waals surface area contributed by atoms with Crippen LogP contribution in [0.3, 0.4) is 0 Å². The van der Waals surface area contributed by atoms with Gasteiger partial charge in [-0.3, -0.25) is 14.5 Å². The van der Waals surface area contributed by atoms with Gasteiger partial charge in [0.1, 0.15) is 0 Å². The molecule has 0 aromatic carbocycles. The molecule has 0 saturated carbocycles. The quantitative estimate of drug-likeness (QED) is 0.841. The standard InChI is InChI=1S/C14H20N2O4/c17-12-8-11(9-15-5-2-1-3-6-15)16(10-13(12)18)7-4-14(19)20/h8,10,18H,1-7,9H2,(H,19,20). The van der Waals surface area contributed by atoms with E-state index >= 15 is 0 Å². The molecule has 0 bridgehead atoms.